The number of carboxylic acid groups (broad SMARTS) is 1. The molecule has 0 aliphatic carbocycles. The number of hydrogen-bond donors (Lipinski definition) is 1. The van der Waals surface area contributed by atoms with Gasteiger partial charge in [0.05, 0.1) is 26.2 Å². The van der Waals surface area contributed by atoms with E-state index in [0.717, 1.165) is 11.3 Å². The second kappa shape index (κ2) is 7.59. The maximum absolute atomic E-state index is 10.8. The molecule has 1 N–H and O–H groups in total. The zero-order valence-corrected chi connectivity index (χ0v) is 11.3. The van der Waals surface area contributed by atoms with E-state index in [2.05, 4.69) is 6.58 Å². The van der Waals surface area contributed by atoms with Crippen LogP contribution in [0.2, 0.25) is 0 Å². The number of rotatable bonds is 8. The minimum atomic E-state index is -0.867. The lowest BCUT2D eigenvalue weighted by Gasteiger charge is -2.20. The van der Waals surface area contributed by atoms with Gasteiger partial charge in [0.25, 0.3) is 0 Å². The van der Waals surface area contributed by atoms with Gasteiger partial charge in [-0.25, -0.2) is 0 Å². The highest BCUT2D eigenvalue weighted by atomic mass is 16.5. The van der Waals surface area contributed by atoms with Crippen LogP contribution in [0.15, 0.2) is 36.9 Å². The van der Waals surface area contributed by atoms with Gasteiger partial charge in [0, 0.05) is 5.92 Å². The Kier molecular flexibility index (Phi) is 6.09. The number of ether oxygens (including phenoxy) is 2. The van der Waals surface area contributed by atoms with Crippen LogP contribution >= 0.6 is 0 Å². The summed E-state index contributed by atoms with van der Waals surface area (Å²) in [5, 5.41) is 8.86. The summed E-state index contributed by atoms with van der Waals surface area (Å²) >= 11 is 0. The highest BCUT2D eigenvalue weighted by molar-refractivity contribution is 5.67. The standard InChI is InChI=1S/C15H20O4/c1-4-11(2)14(9-15(16)17)19-10-12-5-7-13(18-3)8-6-12/h4-8,11,14H,1,9-10H2,2-3H3,(H,16,17)/t11-,14+/m0/s1. The molecule has 0 saturated heterocycles. The van der Waals surface area contributed by atoms with Crippen LogP contribution in [0.5, 0.6) is 5.75 Å². The van der Waals surface area contributed by atoms with Crippen molar-refractivity contribution in [3.8, 4) is 5.75 Å². The summed E-state index contributed by atoms with van der Waals surface area (Å²) in [5.74, 6) is -0.0897. The zero-order chi connectivity index (χ0) is 14.3. The topological polar surface area (TPSA) is 55.8 Å². The summed E-state index contributed by atoms with van der Waals surface area (Å²) in [5.41, 5.74) is 0.979. The van der Waals surface area contributed by atoms with Crippen molar-refractivity contribution >= 4 is 5.97 Å². The van der Waals surface area contributed by atoms with Crippen molar-refractivity contribution in [1.82, 2.24) is 0 Å². The van der Waals surface area contributed by atoms with Crippen molar-refractivity contribution in [3.05, 3.63) is 42.5 Å². The highest BCUT2D eigenvalue weighted by Crippen LogP contribution is 2.17. The molecule has 4 heteroatoms. The second-order valence-electron chi connectivity index (χ2n) is 4.39. The summed E-state index contributed by atoms with van der Waals surface area (Å²) < 4.78 is 10.7. The van der Waals surface area contributed by atoms with E-state index in [1.54, 1.807) is 13.2 Å². The van der Waals surface area contributed by atoms with Crippen LogP contribution in [0.25, 0.3) is 0 Å². The smallest absolute Gasteiger partial charge is 0.306 e. The van der Waals surface area contributed by atoms with Crippen molar-refractivity contribution < 1.29 is 19.4 Å². The molecule has 104 valence electrons. The fraction of sp³-hybridized carbons (Fsp3) is 0.400. The maximum Gasteiger partial charge on any atom is 0.306 e. The third-order valence-electron chi connectivity index (χ3n) is 2.96. The molecule has 0 aliphatic heterocycles. The summed E-state index contributed by atoms with van der Waals surface area (Å²) in [6.45, 7) is 5.95. The molecule has 0 saturated carbocycles. The SMILES string of the molecule is C=C[C@H](C)[C@@H](CC(=O)O)OCc1ccc(OC)cc1. The number of methoxy groups -OCH3 is 1. The van der Waals surface area contributed by atoms with Crippen molar-refractivity contribution in [3.63, 3.8) is 0 Å². The average Bonchev–Trinajstić information content (AvgIpc) is 2.42. The Morgan fingerprint density at radius 3 is 2.53 bits per heavy atom. The molecular weight excluding hydrogens is 244 g/mol. The number of benzene rings is 1. The van der Waals surface area contributed by atoms with Crippen LogP contribution < -0.4 is 4.74 Å². The van der Waals surface area contributed by atoms with Crippen molar-refractivity contribution in [1.29, 1.82) is 0 Å². The van der Waals surface area contributed by atoms with Crippen LogP contribution in [0, 0.1) is 5.92 Å². The molecule has 19 heavy (non-hydrogen) atoms. The monoisotopic (exact) mass is 264 g/mol. The van der Waals surface area contributed by atoms with Crippen molar-refractivity contribution in [2.75, 3.05) is 7.11 Å². The number of carboxylic acids is 1. The van der Waals surface area contributed by atoms with Gasteiger partial charge in [-0.1, -0.05) is 25.1 Å². The van der Waals surface area contributed by atoms with E-state index in [4.69, 9.17) is 14.6 Å². The third kappa shape index (κ3) is 5.14. The molecule has 0 bridgehead atoms. The quantitative estimate of drug-likeness (QED) is 0.733. The van der Waals surface area contributed by atoms with E-state index in [1.807, 2.05) is 31.2 Å². The Morgan fingerprint density at radius 1 is 1.42 bits per heavy atom. The lowest BCUT2D eigenvalue weighted by atomic mass is 10.0. The predicted molar refractivity (Wildman–Crippen MR) is 73.2 cm³/mol. The molecule has 0 heterocycles. The Bertz CT molecular complexity index is 411. The lowest BCUT2D eigenvalue weighted by molar-refractivity contribution is -0.141. The summed E-state index contributed by atoms with van der Waals surface area (Å²) in [4.78, 5) is 10.8. The van der Waals surface area contributed by atoms with Gasteiger partial charge in [0.2, 0.25) is 0 Å². The van der Waals surface area contributed by atoms with Gasteiger partial charge in [0.1, 0.15) is 5.75 Å². The number of carbonyl (C=O) groups is 1. The van der Waals surface area contributed by atoms with Gasteiger partial charge in [-0.2, -0.15) is 0 Å². The number of aliphatic carboxylic acids is 1. The maximum atomic E-state index is 10.8. The fourth-order valence-electron chi connectivity index (χ4n) is 1.65. The first-order chi connectivity index (χ1) is 9.06. The molecule has 0 spiro atoms. The van der Waals surface area contributed by atoms with E-state index in [9.17, 15) is 4.79 Å². The van der Waals surface area contributed by atoms with Crippen LogP contribution in [-0.2, 0) is 16.1 Å². The molecule has 0 aliphatic rings. The normalized spacial score (nSPS) is 13.6. The van der Waals surface area contributed by atoms with E-state index < -0.39 is 5.97 Å². The third-order valence-corrected chi connectivity index (χ3v) is 2.96. The second-order valence-corrected chi connectivity index (χ2v) is 4.39. The van der Waals surface area contributed by atoms with Gasteiger partial charge in [-0.15, -0.1) is 6.58 Å². The summed E-state index contributed by atoms with van der Waals surface area (Å²) in [6, 6.07) is 7.49. The van der Waals surface area contributed by atoms with E-state index in [-0.39, 0.29) is 18.4 Å². The molecule has 0 unspecified atom stereocenters. The first-order valence-corrected chi connectivity index (χ1v) is 6.15. The molecule has 4 nitrogen and oxygen atoms in total. The summed E-state index contributed by atoms with van der Waals surface area (Å²) in [7, 11) is 1.61. The first-order valence-electron chi connectivity index (χ1n) is 6.15. The van der Waals surface area contributed by atoms with E-state index in [0.29, 0.717) is 6.61 Å². The Balaban J connectivity index is 2.58. The minimum Gasteiger partial charge on any atom is -0.497 e. The summed E-state index contributed by atoms with van der Waals surface area (Å²) in [6.07, 6.45) is 1.32. The van der Waals surface area contributed by atoms with Gasteiger partial charge < -0.3 is 14.6 Å². The molecule has 2 atom stereocenters. The molecule has 1 aromatic rings. The van der Waals surface area contributed by atoms with Gasteiger partial charge in [-0.3, -0.25) is 4.79 Å². The Labute approximate surface area is 113 Å². The Morgan fingerprint density at radius 2 is 2.05 bits per heavy atom. The number of hydrogen-bond acceptors (Lipinski definition) is 3. The fourth-order valence-corrected chi connectivity index (χ4v) is 1.65. The van der Waals surface area contributed by atoms with Gasteiger partial charge in [-0.05, 0) is 17.7 Å². The predicted octanol–water partition coefficient (Wildman–Crippen LogP) is 2.88. The van der Waals surface area contributed by atoms with Crippen LogP contribution in [-0.4, -0.2) is 24.3 Å². The van der Waals surface area contributed by atoms with Crippen molar-refractivity contribution in [2.45, 2.75) is 26.1 Å². The lowest BCUT2D eigenvalue weighted by Crippen LogP contribution is -2.23. The van der Waals surface area contributed by atoms with Crippen molar-refractivity contribution in [2.24, 2.45) is 5.92 Å². The first kappa shape index (κ1) is 15.2. The molecule has 1 aromatic carbocycles. The van der Waals surface area contributed by atoms with Crippen LogP contribution in [0.3, 0.4) is 0 Å². The van der Waals surface area contributed by atoms with Gasteiger partial charge >= 0.3 is 5.97 Å². The van der Waals surface area contributed by atoms with Crippen LogP contribution in [0.4, 0.5) is 0 Å². The molecule has 0 radical (unpaired) electrons. The van der Waals surface area contributed by atoms with Crippen LogP contribution in [0.1, 0.15) is 18.9 Å². The molecular formula is C15H20O4. The minimum absolute atomic E-state index is 0.00523. The average molecular weight is 264 g/mol. The molecule has 0 amide bonds. The van der Waals surface area contributed by atoms with E-state index >= 15 is 0 Å². The zero-order valence-electron chi connectivity index (χ0n) is 11.3. The Hall–Kier alpha value is -1.81. The molecule has 0 fully saturated rings. The highest BCUT2D eigenvalue weighted by Gasteiger charge is 2.18. The molecule has 1 rings (SSSR count). The van der Waals surface area contributed by atoms with Gasteiger partial charge in [0.15, 0.2) is 0 Å². The largest absolute Gasteiger partial charge is 0.497 e. The molecule has 0 aromatic heterocycles. The van der Waals surface area contributed by atoms with E-state index in [1.165, 1.54) is 0 Å².